The van der Waals surface area contributed by atoms with E-state index >= 15 is 0 Å². The molecule has 0 aliphatic carbocycles. The Morgan fingerprint density at radius 3 is 3.00 bits per heavy atom. The van der Waals surface area contributed by atoms with Gasteiger partial charge in [-0.3, -0.25) is 0 Å². The van der Waals surface area contributed by atoms with Crippen LogP contribution in [0.5, 0.6) is 0 Å². The Kier molecular flexibility index (Phi) is 3.98. The van der Waals surface area contributed by atoms with Crippen LogP contribution in [0.4, 0.5) is 0 Å². The van der Waals surface area contributed by atoms with Crippen LogP contribution in [0.3, 0.4) is 0 Å². The number of halogens is 1. The van der Waals surface area contributed by atoms with Crippen LogP contribution in [0.2, 0.25) is 5.02 Å². The highest BCUT2D eigenvalue weighted by molar-refractivity contribution is 6.30. The molecule has 0 aliphatic rings. The van der Waals surface area contributed by atoms with Crippen molar-refractivity contribution in [2.45, 2.75) is 13.0 Å². The van der Waals surface area contributed by atoms with Gasteiger partial charge in [0.15, 0.2) is 0 Å². The molecule has 3 rings (SSSR count). The third kappa shape index (κ3) is 3.29. The lowest BCUT2D eigenvalue weighted by Gasteiger charge is -1.96. The van der Waals surface area contributed by atoms with Gasteiger partial charge in [0.1, 0.15) is 12.0 Å². The molecule has 0 amide bonds. The van der Waals surface area contributed by atoms with Gasteiger partial charge in [0, 0.05) is 29.8 Å². The van der Waals surface area contributed by atoms with E-state index in [1.165, 1.54) is 0 Å². The molecular formula is C14H13ClN4O2. The second-order valence-electron chi connectivity index (χ2n) is 4.54. The van der Waals surface area contributed by atoms with Crippen LogP contribution >= 0.6 is 11.6 Å². The molecule has 108 valence electrons. The summed E-state index contributed by atoms with van der Waals surface area (Å²) >= 11 is 5.95. The van der Waals surface area contributed by atoms with Crippen molar-refractivity contribution in [3.05, 3.63) is 53.1 Å². The zero-order valence-corrected chi connectivity index (χ0v) is 11.9. The summed E-state index contributed by atoms with van der Waals surface area (Å²) in [5, 5.41) is 17.4. The lowest BCUT2D eigenvalue weighted by molar-refractivity contribution is 0.298. The molecule has 0 fully saturated rings. The Bertz CT molecular complexity index is 738. The van der Waals surface area contributed by atoms with Gasteiger partial charge in [-0.1, -0.05) is 22.9 Å². The highest BCUT2D eigenvalue weighted by Crippen LogP contribution is 2.22. The zero-order chi connectivity index (χ0) is 14.7. The van der Waals surface area contributed by atoms with Gasteiger partial charge in [-0.05, 0) is 18.2 Å². The van der Waals surface area contributed by atoms with Gasteiger partial charge >= 0.3 is 0 Å². The standard InChI is InChI=1S/C14H13ClN4O2/c15-11-3-1-2-10(6-11)14-16-13(9-21-14)8-19-7-12(4-5-20)17-18-19/h1-3,6-7,9,20H,4-5,8H2. The zero-order valence-electron chi connectivity index (χ0n) is 11.1. The Balaban J connectivity index is 1.75. The fraction of sp³-hybridized carbons (Fsp3) is 0.214. The van der Waals surface area contributed by atoms with Crippen molar-refractivity contribution in [1.29, 1.82) is 0 Å². The number of oxazole rings is 1. The van der Waals surface area contributed by atoms with Crippen LogP contribution in [0.1, 0.15) is 11.4 Å². The first-order chi connectivity index (χ1) is 10.2. The molecule has 0 aliphatic heterocycles. The lowest BCUT2D eigenvalue weighted by Crippen LogP contribution is -2.00. The van der Waals surface area contributed by atoms with Crippen LogP contribution in [0.15, 0.2) is 41.1 Å². The third-order valence-corrected chi connectivity index (χ3v) is 3.14. The Morgan fingerprint density at radius 1 is 1.29 bits per heavy atom. The molecule has 0 saturated heterocycles. The van der Waals surface area contributed by atoms with Crippen molar-refractivity contribution in [2.24, 2.45) is 0 Å². The number of benzene rings is 1. The minimum Gasteiger partial charge on any atom is -0.444 e. The predicted molar refractivity (Wildman–Crippen MR) is 76.9 cm³/mol. The molecule has 1 N–H and O–H groups in total. The second-order valence-corrected chi connectivity index (χ2v) is 4.97. The highest BCUT2D eigenvalue weighted by Gasteiger charge is 2.09. The smallest absolute Gasteiger partial charge is 0.226 e. The van der Waals surface area contributed by atoms with Crippen LogP contribution < -0.4 is 0 Å². The maximum Gasteiger partial charge on any atom is 0.226 e. The van der Waals surface area contributed by atoms with E-state index in [1.807, 2.05) is 12.1 Å². The summed E-state index contributed by atoms with van der Waals surface area (Å²) in [6.45, 7) is 0.518. The molecule has 1 aromatic carbocycles. The Hall–Kier alpha value is -2.18. The van der Waals surface area contributed by atoms with E-state index in [9.17, 15) is 0 Å². The summed E-state index contributed by atoms with van der Waals surface area (Å²) < 4.78 is 7.12. The molecule has 2 aromatic heterocycles. The Morgan fingerprint density at radius 2 is 2.19 bits per heavy atom. The summed E-state index contributed by atoms with van der Waals surface area (Å²) in [6.07, 6.45) is 3.86. The van der Waals surface area contributed by atoms with E-state index in [-0.39, 0.29) is 6.61 Å². The largest absolute Gasteiger partial charge is 0.444 e. The number of hydrogen-bond acceptors (Lipinski definition) is 5. The van der Waals surface area contributed by atoms with Gasteiger partial charge in [-0.15, -0.1) is 5.10 Å². The molecule has 2 heterocycles. The average molecular weight is 305 g/mol. The van der Waals surface area contributed by atoms with Crippen molar-refractivity contribution in [1.82, 2.24) is 20.0 Å². The van der Waals surface area contributed by atoms with Crippen LogP contribution in [-0.2, 0) is 13.0 Å². The SMILES string of the molecule is OCCc1cn(Cc2coc(-c3cccc(Cl)c3)n2)nn1. The average Bonchev–Trinajstić information content (AvgIpc) is 3.10. The number of aliphatic hydroxyl groups is 1. The number of aliphatic hydroxyl groups excluding tert-OH is 1. The third-order valence-electron chi connectivity index (χ3n) is 2.90. The van der Waals surface area contributed by atoms with Crippen molar-refractivity contribution in [3.8, 4) is 11.5 Å². The first-order valence-corrected chi connectivity index (χ1v) is 6.82. The van der Waals surface area contributed by atoms with E-state index in [0.717, 1.165) is 17.0 Å². The van der Waals surface area contributed by atoms with Gasteiger partial charge in [-0.25, -0.2) is 9.67 Å². The maximum absolute atomic E-state index is 8.86. The van der Waals surface area contributed by atoms with Gasteiger partial charge < -0.3 is 9.52 Å². The van der Waals surface area contributed by atoms with Crippen molar-refractivity contribution < 1.29 is 9.52 Å². The van der Waals surface area contributed by atoms with E-state index < -0.39 is 0 Å². The minimum absolute atomic E-state index is 0.0571. The van der Waals surface area contributed by atoms with E-state index in [4.69, 9.17) is 21.1 Å². The molecule has 0 saturated carbocycles. The predicted octanol–water partition coefficient (Wildman–Crippen LogP) is 2.17. The van der Waals surface area contributed by atoms with Crippen LogP contribution in [0, 0.1) is 0 Å². The minimum atomic E-state index is 0.0571. The summed E-state index contributed by atoms with van der Waals surface area (Å²) in [4.78, 5) is 4.41. The van der Waals surface area contributed by atoms with Gasteiger partial charge in [0.05, 0.1) is 12.2 Å². The second kappa shape index (κ2) is 6.07. The summed E-state index contributed by atoms with van der Waals surface area (Å²) in [5.41, 5.74) is 2.31. The van der Waals surface area contributed by atoms with Crippen LogP contribution in [-0.4, -0.2) is 31.7 Å². The molecule has 0 spiro atoms. The topological polar surface area (TPSA) is 77.0 Å². The van der Waals surface area contributed by atoms with E-state index in [2.05, 4.69) is 15.3 Å². The quantitative estimate of drug-likeness (QED) is 0.781. The molecule has 7 heteroatoms. The molecule has 6 nitrogen and oxygen atoms in total. The molecule has 0 atom stereocenters. The fourth-order valence-corrected chi connectivity index (χ4v) is 2.13. The molecule has 0 radical (unpaired) electrons. The fourth-order valence-electron chi connectivity index (χ4n) is 1.94. The normalized spacial score (nSPS) is 11.0. The number of rotatable bonds is 5. The monoisotopic (exact) mass is 304 g/mol. The van der Waals surface area contributed by atoms with Gasteiger partial charge in [-0.2, -0.15) is 0 Å². The highest BCUT2D eigenvalue weighted by atomic mass is 35.5. The number of nitrogens with zero attached hydrogens (tertiary/aromatic N) is 4. The summed E-state index contributed by atoms with van der Waals surface area (Å²) in [7, 11) is 0. The van der Waals surface area contributed by atoms with E-state index in [1.54, 1.807) is 29.3 Å². The van der Waals surface area contributed by atoms with Crippen molar-refractivity contribution >= 4 is 11.6 Å². The summed E-state index contributed by atoms with van der Waals surface area (Å²) in [5.74, 6) is 0.517. The van der Waals surface area contributed by atoms with Crippen molar-refractivity contribution in [2.75, 3.05) is 6.61 Å². The number of hydrogen-bond donors (Lipinski definition) is 1. The molecule has 21 heavy (non-hydrogen) atoms. The molecular weight excluding hydrogens is 292 g/mol. The van der Waals surface area contributed by atoms with Crippen LogP contribution in [0.25, 0.3) is 11.5 Å². The Labute approximate surface area is 126 Å². The lowest BCUT2D eigenvalue weighted by atomic mass is 10.2. The maximum atomic E-state index is 8.86. The summed E-state index contributed by atoms with van der Waals surface area (Å²) in [6, 6.07) is 7.33. The van der Waals surface area contributed by atoms with Gasteiger partial charge in [0.25, 0.3) is 0 Å². The first-order valence-electron chi connectivity index (χ1n) is 6.45. The number of aromatic nitrogens is 4. The molecule has 0 bridgehead atoms. The van der Waals surface area contributed by atoms with E-state index in [0.29, 0.717) is 23.9 Å². The molecule has 3 aromatic rings. The van der Waals surface area contributed by atoms with Gasteiger partial charge in [0.2, 0.25) is 5.89 Å². The molecule has 0 unspecified atom stereocenters. The van der Waals surface area contributed by atoms with Crippen molar-refractivity contribution in [3.63, 3.8) is 0 Å². The first kappa shape index (κ1) is 13.8.